The third-order valence-electron chi connectivity index (χ3n) is 3.87. The van der Waals surface area contributed by atoms with Crippen molar-refractivity contribution >= 4 is 22.1 Å². The highest BCUT2D eigenvalue weighted by Gasteiger charge is 2.08. The molecule has 2 heteroatoms. The van der Waals surface area contributed by atoms with E-state index in [1.807, 2.05) is 6.20 Å². The molecule has 1 aromatic heterocycles. The van der Waals surface area contributed by atoms with E-state index in [2.05, 4.69) is 69.1 Å². The van der Waals surface area contributed by atoms with Gasteiger partial charge in [-0.15, -0.1) is 11.3 Å². The Morgan fingerprint density at radius 1 is 0.857 bits per heavy atom. The predicted octanol–water partition coefficient (Wildman–Crippen LogP) is 6.21. The van der Waals surface area contributed by atoms with Crippen LogP contribution in [0.4, 0.5) is 0 Å². The first-order chi connectivity index (χ1) is 10.0. The summed E-state index contributed by atoms with van der Waals surface area (Å²) in [6.45, 7) is 8.90. The van der Waals surface area contributed by atoms with E-state index in [0.29, 0.717) is 11.8 Å². The lowest BCUT2D eigenvalue weighted by Gasteiger charge is -2.08. The monoisotopic (exact) mass is 295 g/mol. The second-order valence-electron chi connectivity index (χ2n) is 6.20. The first-order valence-corrected chi connectivity index (χ1v) is 8.36. The summed E-state index contributed by atoms with van der Waals surface area (Å²) in [6, 6.07) is 13.4. The van der Waals surface area contributed by atoms with Gasteiger partial charge in [-0.25, -0.2) is 4.98 Å². The van der Waals surface area contributed by atoms with Crippen LogP contribution in [0.2, 0.25) is 0 Å². The van der Waals surface area contributed by atoms with E-state index in [1.54, 1.807) is 11.3 Å². The van der Waals surface area contributed by atoms with Crippen LogP contribution in [-0.2, 0) is 0 Å². The molecule has 0 spiro atoms. The first kappa shape index (κ1) is 14.3. The smallest absolute Gasteiger partial charge is 0.123 e. The third-order valence-corrected chi connectivity index (χ3v) is 5.22. The standard InChI is InChI=1S/C19H21NS/c1-12(2)15-7-5-14-6-8-16(10-17(14)9-15)19-20-11-18(21-19)13(3)4/h5-13H,1-4H3. The zero-order chi connectivity index (χ0) is 15.0. The van der Waals surface area contributed by atoms with Crippen molar-refractivity contribution < 1.29 is 0 Å². The fourth-order valence-corrected chi connectivity index (χ4v) is 3.36. The number of rotatable bonds is 3. The van der Waals surface area contributed by atoms with Crippen LogP contribution in [-0.4, -0.2) is 4.98 Å². The SMILES string of the molecule is CC(C)c1ccc2ccc(-c3ncc(C(C)C)s3)cc2c1. The molecule has 0 radical (unpaired) electrons. The molecule has 0 amide bonds. The van der Waals surface area contributed by atoms with Crippen molar-refractivity contribution in [2.24, 2.45) is 0 Å². The molecule has 21 heavy (non-hydrogen) atoms. The largest absolute Gasteiger partial charge is 0.244 e. The second kappa shape index (κ2) is 5.61. The molecule has 0 bridgehead atoms. The number of thiazole rings is 1. The minimum atomic E-state index is 0.546. The average molecular weight is 295 g/mol. The fraction of sp³-hybridized carbons (Fsp3) is 0.316. The van der Waals surface area contributed by atoms with Crippen LogP contribution in [0.1, 0.15) is 50.0 Å². The molecule has 0 aliphatic heterocycles. The van der Waals surface area contributed by atoms with Gasteiger partial charge in [0, 0.05) is 16.6 Å². The van der Waals surface area contributed by atoms with E-state index in [1.165, 1.54) is 26.8 Å². The molecular weight excluding hydrogens is 274 g/mol. The minimum Gasteiger partial charge on any atom is -0.244 e. The summed E-state index contributed by atoms with van der Waals surface area (Å²) in [5.41, 5.74) is 2.61. The summed E-state index contributed by atoms with van der Waals surface area (Å²) < 4.78 is 0. The second-order valence-corrected chi connectivity index (χ2v) is 7.26. The summed E-state index contributed by atoms with van der Waals surface area (Å²) in [7, 11) is 0. The number of hydrogen-bond donors (Lipinski definition) is 0. The molecule has 0 fully saturated rings. The van der Waals surface area contributed by atoms with Gasteiger partial charge in [0.05, 0.1) is 0 Å². The Morgan fingerprint density at radius 3 is 2.29 bits per heavy atom. The van der Waals surface area contributed by atoms with Crippen LogP contribution in [0.3, 0.4) is 0 Å². The fourth-order valence-electron chi connectivity index (χ4n) is 2.44. The van der Waals surface area contributed by atoms with E-state index in [-0.39, 0.29) is 0 Å². The van der Waals surface area contributed by atoms with Gasteiger partial charge in [0.2, 0.25) is 0 Å². The summed E-state index contributed by atoms with van der Waals surface area (Å²) in [6.07, 6.45) is 2.01. The number of nitrogens with zero attached hydrogens (tertiary/aromatic N) is 1. The van der Waals surface area contributed by atoms with Gasteiger partial charge in [-0.05, 0) is 34.2 Å². The Labute approximate surface area is 130 Å². The summed E-state index contributed by atoms with van der Waals surface area (Å²) in [5, 5.41) is 3.72. The number of fused-ring (bicyclic) bond motifs is 1. The molecule has 0 saturated heterocycles. The molecule has 0 aliphatic carbocycles. The van der Waals surface area contributed by atoms with E-state index in [9.17, 15) is 0 Å². The van der Waals surface area contributed by atoms with Crippen LogP contribution in [0.15, 0.2) is 42.6 Å². The Balaban J connectivity index is 2.06. The van der Waals surface area contributed by atoms with E-state index in [0.717, 1.165) is 5.01 Å². The average Bonchev–Trinajstić information content (AvgIpc) is 2.96. The molecule has 2 aromatic carbocycles. The first-order valence-electron chi connectivity index (χ1n) is 7.54. The molecular formula is C19H21NS. The highest BCUT2D eigenvalue weighted by molar-refractivity contribution is 7.15. The molecule has 0 atom stereocenters. The van der Waals surface area contributed by atoms with Gasteiger partial charge < -0.3 is 0 Å². The quantitative estimate of drug-likeness (QED) is 0.559. The third kappa shape index (κ3) is 2.86. The molecule has 3 aromatic rings. The lowest BCUT2D eigenvalue weighted by molar-refractivity contribution is 0.869. The van der Waals surface area contributed by atoms with Gasteiger partial charge >= 0.3 is 0 Å². The van der Waals surface area contributed by atoms with Gasteiger partial charge in [0.25, 0.3) is 0 Å². The number of hydrogen-bond acceptors (Lipinski definition) is 2. The van der Waals surface area contributed by atoms with Crippen molar-refractivity contribution in [2.75, 3.05) is 0 Å². The summed E-state index contributed by atoms with van der Waals surface area (Å²) in [5.74, 6) is 1.11. The van der Waals surface area contributed by atoms with Crippen LogP contribution in [0.25, 0.3) is 21.3 Å². The molecule has 0 unspecified atom stereocenters. The Kier molecular flexibility index (Phi) is 3.81. The zero-order valence-corrected chi connectivity index (χ0v) is 13.9. The van der Waals surface area contributed by atoms with Gasteiger partial charge in [0.1, 0.15) is 5.01 Å². The van der Waals surface area contributed by atoms with Crippen molar-refractivity contribution in [1.82, 2.24) is 4.98 Å². The van der Waals surface area contributed by atoms with E-state index in [4.69, 9.17) is 0 Å². The van der Waals surface area contributed by atoms with Crippen LogP contribution < -0.4 is 0 Å². The van der Waals surface area contributed by atoms with Crippen LogP contribution >= 0.6 is 11.3 Å². The maximum Gasteiger partial charge on any atom is 0.123 e. The lowest BCUT2D eigenvalue weighted by Crippen LogP contribution is -1.87. The molecule has 1 heterocycles. The highest BCUT2D eigenvalue weighted by atomic mass is 32.1. The number of aromatic nitrogens is 1. The van der Waals surface area contributed by atoms with Crippen LogP contribution in [0, 0.1) is 0 Å². The van der Waals surface area contributed by atoms with Gasteiger partial charge in [-0.1, -0.05) is 58.0 Å². The van der Waals surface area contributed by atoms with Crippen LogP contribution in [0.5, 0.6) is 0 Å². The lowest BCUT2D eigenvalue weighted by atomic mass is 9.98. The predicted molar refractivity (Wildman–Crippen MR) is 93.2 cm³/mol. The van der Waals surface area contributed by atoms with Gasteiger partial charge in [-0.2, -0.15) is 0 Å². The molecule has 0 saturated carbocycles. The highest BCUT2D eigenvalue weighted by Crippen LogP contribution is 2.32. The van der Waals surface area contributed by atoms with Gasteiger partial charge in [-0.3, -0.25) is 0 Å². The van der Waals surface area contributed by atoms with E-state index < -0.39 is 0 Å². The summed E-state index contributed by atoms with van der Waals surface area (Å²) >= 11 is 1.80. The Hall–Kier alpha value is -1.67. The van der Waals surface area contributed by atoms with Crippen molar-refractivity contribution in [3.63, 3.8) is 0 Å². The molecule has 1 nitrogen and oxygen atoms in total. The molecule has 0 N–H and O–H groups in total. The Bertz CT molecular complexity index is 768. The van der Waals surface area contributed by atoms with E-state index >= 15 is 0 Å². The zero-order valence-electron chi connectivity index (χ0n) is 13.1. The van der Waals surface area contributed by atoms with Crippen molar-refractivity contribution in [1.29, 1.82) is 0 Å². The molecule has 0 aliphatic rings. The van der Waals surface area contributed by atoms with Gasteiger partial charge in [0.15, 0.2) is 0 Å². The molecule has 3 rings (SSSR count). The molecule has 108 valence electrons. The minimum absolute atomic E-state index is 0.546. The normalized spacial score (nSPS) is 11.7. The summed E-state index contributed by atoms with van der Waals surface area (Å²) in [4.78, 5) is 5.94. The topological polar surface area (TPSA) is 12.9 Å². The van der Waals surface area contributed by atoms with Crippen molar-refractivity contribution in [2.45, 2.75) is 39.5 Å². The maximum atomic E-state index is 4.59. The number of benzene rings is 2. The Morgan fingerprint density at radius 2 is 1.62 bits per heavy atom. The maximum absolute atomic E-state index is 4.59. The van der Waals surface area contributed by atoms with Crippen molar-refractivity contribution in [3.05, 3.63) is 53.0 Å². The van der Waals surface area contributed by atoms with Crippen molar-refractivity contribution in [3.8, 4) is 10.6 Å².